The fraction of sp³-hybridized carbons (Fsp3) is 0.389. The van der Waals surface area contributed by atoms with Crippen molar-refractivity contribution in [2.24, 2.45) is 0 Å². The molecule has 0 radical (unpaired) electrons. The number of carbonyl (C=O) groups excluding carboxylic acids is 1. The first kappa shape index (κ1) is 16.5. The fourth-order valence-corrected chi connectivity index (χ4v) is 3.12. The molecule has 1 aromatic carbocycles. The lowest BCUT2D eigenvalue weighted by Gasteiger charge is -2.26. The van der Waals surface area contributed by atoms with Gasteiger partial charge in [-0.2, -0.15) is 0 Å². The number of halogens is 1. The molecule has 6 heteroatoms. The van der Waals surface area contributed by atoms with Crippen LogP contribution >= 0.6 is 0 Å². The number of urea groups is 1. The summed E-state index contributed by atoms with van der Waals surface area (Å²) in [6.07, 6.45) is 2.82. The average molecular weight is 332 g/mol. The molecular formula is C18H21FN2O3. The monoisotopic (exact) mass is 332 g/mol. The standard InChI is InChI=1S/C18H21FN2O3/c1-12-6-7-14(19)15(10-12)20-18(23)21-8-2-4-13(21)11-16(22)17-5-3-9-24-17/h3,5-7,9-10,13,16,22H,2,4,8,11H2,1H3,(H,20,23). The van der Waals surface area contributed by atoms with Gasteiger partial charge in [0.15, 0.2) is 0 Å². The van der Waals surface area contributed by atoms with Crippen LogP contribution in [0, 0.1) is 12.7 Å². The van der Waals surface area contributed by atoms with E-state index in [1.807, 2.05) is 6.92 Å². The first-order valence-corrected chi connectivity index (χ1v) is 8.10. The summed E-state index contributed by atoms with van der Waals surface area (Å²) < 4.78 is 19.0. The Morgan fingerprint density at radius 2 is 2.33 bits per heavy atom. The zero-order chi connectivity index (χ0) is 17.1. The topological polar surface area (TPSA) is 65.7 Å². The van der Waals surface area contributed by atoms with Crippen LogP contribution in [0.2, 0.25) is 0 Å². The summed E-state index contributed by atoms with van der Waals surface area (Å²) in [5.41, 5.74) is 1.05. The number of anilines is 1. The second kappa shape index (κ2) is 7.05. The van der Waals surface area contributed by atoms with Crippen molar-refractivity contribution in [3.63, 3.8) is 0 Å². The SMILES string of the molecule is Cc1ccc(F)c(NC(=O)N2CCCC2CC(O)c2ccco2)c1. The first-order valence-electron chi connectivity index (χ1n) is 8.10. The lowest BCUT2D eigenvalue weighted by atomic mass is 10.1. The number of aliphatic hydroxyl groups excluding tert-OH is 1. The highest BCUT2D eigenvalue weighted by Crippen LogP contribution is 2.28. The van der Waals surface area contributed by atoms with Crippen molar-refractivity contribution in [1.29, 1.82) is 0 Å². The summed E-state index contributed by atoms with van der Waals surface area (Å²) in [7, 11) is 0. The highest BCUT2D eigenvalue weighted by molar-refractivity contribution is 5.90. The number of amides is 2. The molecule has 128 valence electrons. The predicted molar refractivity (Wildman–Crippen MR) is 88.2 cm³/mol. The van der Waals surface area contributed by atoms with E-state index in [9.17, 15) is 14.3 Å². The van der Waals surface area contributed by atoms with Gasteiger partial charge in [-0.1, -0.05) is 6.07 Å². The van der Waals surface area contributed by atoms with Crippen molar-refractivity contribution in [2.75, 3.05) is 11.9 Å². The number of benzene rings is 1. The third-order valence-corrected chi connectivity index (χ3v) is 4.37. The van der Waals surface area contributed by atoms with Crippen molar-refractivity contribution in [2.45, 2.75) is 38.3 Å². The van der Waals surface area contributed by atoms with E-state index in [0.29, 0.717) is 18.7 Å². The molecule has 0 spiro atoms. The van der Waals surface area contributed by atoms with Gasteiger partial charge in [-0.15, -0.1) is 0 Å². The number of hydrogen-bond donors (Lipinski definition) is 2. The molecule has 3 rings (SSSR count). The molecule has 0 bridgehead atoms. The van der Waals surface area contributed by atoms with Crippen LogP contribution in [0.15, 0.2) is 41.0 Å². The number of nitrogens with zero attached hydrogens (tertiary/aromatic N) is 1. The molecule has 1 fully saturated rings. The van der Waals surface area contributed by atoms with Gasteiger partial charge >= 0.3 is 6.03 Å². The lowest BCUT2D eigenvalue weighted by Crippen LogP contribution is -2.39. The number of nitrogens with one attached hydrogen (secondary N) is 1. The highest BCUT2D eigenvalue weighted by Gasteiger charge is 2.31. The Morgan fingerprint density at radius 1 is 1.50 bits per heavy atom. The molecule has 1 aromatic heterocycles. The minimum atomic E-state index is -0.755. The molecule has 1 aliphatic heterocycles. The summed E-state index contributed by atoms with van der Waals surface area (Å²) in [4.78, 5) is 14.2. The Balaban J connectivity index is 1.66. The second-order valence-electron chi connectivity index (χ2n) is 6.17. The molecule has 0 aliphatic carbocycles. The molecule has 2 heterocycles. The Labute approximate surface area is 140 Å². The number of aliphatic hydroxyl groups is 1. The van der Waals surface area contributed by atoms with Crippen LogP contribution < -0.4 is 5.32 Å². The average Bonchev–Trinajstić information content (AvgIpc) is 3.22. The number of likely N-dealkylation sites (tertiary alicyclic amines) is 1. The molecular weight excluding hydrogens is 311 g/mol. The minimum Gasteiger partial charge on any atom is -0.467 e. The van der Waals surface area contributed by atoms with Gasteiger partial charge in [-0.3, -0.25) is 0 Å². The van der Waals surface area contributed by atoms with E-state index in [2.05, 4.69) is 5.32 Å². The van der Waals surface area contributed by atoms with E-state index in [4.69, 9.17) is 4.42 Å². The zero-order valence-electron chi connectivity index (χ0n) is 13.5. The van der Waals surface area contributed by atoms with Gasteiger partial charge in [0.2, 0.25) is 0 Å². The molecule has 2 unspecified atom stereocenters. The van der Waals surface area contributed by atoms with Crippen LogP contribution in [-0.2, 0) is 0 Å². The smallest absolute Gasteiger partial charge is 0.322 e. The van der Waals surface area contributed by atoms with Gasteiger partial charge in [0.25, 0.3) is 0 Å². The number of carbonyl (C=O) groups is 1. The van der Waals surface area contributed by atoms with E-state index in [0.717, 1.165) is 18.4 Å². The highest BCUT2D eigenvalue weighted by atomic mass is 19.1. The van der Waals surface area contributed by atoms with Gasteiger partial charge in [-0.25, -0.2) is 9.18 Å². The normalized spacial score (nSPS) is 18.6. The number of aryl methyl sites for hydroxylation is 1. The van der Waals surface area contributed by atoms with Crippen molar-refractivity contribution in [1.82, 2.24) is 4.90 Å². The number of furan rings is 1. The maximum absolute atomic E-state index is 13.8. The van der Waals surface area contributed by atoms with E-state index in [-0.39, 0.29) is 17.8 Å². The van der Waals surface area contributed by atoms with Crippen molar-refractivity contribution in [3.8, 4) is 0 Å². The molecule has 1 saturated heterocycles. The van der Waals surface area contributed by atoms with Crippen molar-refractivity contribution < 1.29 is 18.7 Å². The third-order valence-electron chi connectivity index (χ3n) is 4.37. The van der Waals surface area contributed by atoms with Gasteiger partial charge in [0.1, 0.15) is 17.7 Å². The van der Waals surface area contributed by atoms with Crippen molar-refractivity contribution in [3.05, 3.63) is 53.7 Å². The van der Waals surface area contributed by atoms with Crippen LogP contribution in [0.25, 0.3) is 0 Å². The Bertz CT molecular complexity index is 702. The maximum atomic E-state index is 13.8. The maximum Gasteiger partial charge on any atom is 0.322 e. The van der Waals surface area contributed by atoms with E-state index < -0.39 is 11.9 Å². The Kier molecular flexibility index (Phi) is 4.85. The quantitative estimate of drug-likeness (QED) is 0.894. The third kappa shape index (κ3) is 3.59. The molecule has 0 saturated carbocycles. The fourth-order valence-electron chi connectivity index (χ4n) is 3.12. The van der Waals surface area contributed by atoms with Gasteiger partial charge in [0, 0.05) is 19.0 Å². The van der Waals surface area contributed by atoms with Gasteiger partial charge < -0.3 is 19.7 Å². The minimum absolute atomic E-state index is 0.0991. The second-order valence-corrected chi connectivity index (χ2v) is 6.17. The molecule has 24 heavy (non-hydrogen) atoms. The summed E-state index contributed by atoms with van der Waals surface area (Å²) >= 11 is 0. The van der Waals surface area contributed by atoms with Crippen LogP contribution in [0.3, 0.4) is 0 Å². The summed E-state index contributed by atoms with van der Waals surface area (Å²) in [5.74, 6) is 0.0345. The van der Waals surface area contributed by atoms with Crippen LogP contribution in [-0.4, -0.2) is 28.6 Å². The molecule has 2 amide bonds. The predicted octanol–water partition coefficient (Wildman–Crippen LogP) is 3.85. The van der Waals surface area contributed by atoms with E-state index in [1.165, 1.54) is 12.3 Å². The zero-order valence-corrected chi connectivity index (χ0v) is 13.5. The number of rotatable bonds is 4. The lowest BCUT2D eigenvalue weighted by molar-refractivity contribution is 0.110. The van der Waals surface area contributed by atoms with Crippen LogP contribution in [0.1, 0.15) is 36.7 Å². The summed E-state index contributed by atoms with van der Waals surface area (Å²) in [5, 5.41) is 12.9. The largest absolute Gasteiger partial charge is 0.467 e. The van der Waals surface area contributed by atoms with Gasteiger partial charge in [-0.05, 0) is 49.6 Å². The summed E-state index contributed by atoms with van der Waals surface area (Å²) in [6, 6.07) is 7.60. The summed E-state index contributed by atoms with van der Waals surface area (Å²) in [6.45, 7) is 2.43. The molecule has 1 aliphatic rings. The van der Waals surface area contributed by atoms with Crippen molar-refractivity contribution >= 4 is 11.7 Å². The Hall–Kier alpha value is -2.34. The van der Waals surface area contributed by atoms with Crippen LogP contribution in [0.5, 0.6) is 0 Å². The van der Waals surface area contributed by atoms with E-state index in [1.54, 1.807) is 29.2 Å². The first-order chi connectivity index (χ1) is 11.5. The molecule has 2 N–H and O–H groups in total. The van der Waals surface area contributed by atoms with E-state index >= 15 is 0 Å². The number of hydrogen-bond acceptors (Lipinski definition) is 3. The molecule has 2 aromatic rings. The molecule has 5 nitrogen and oxygen atoms in total. The van der Waals surface area contributed by atoms with Crippen LogP contribution in [0.4, 0.5) is 14.9 Å². The molecule has 2 atom stereocenters. The van der Waals surface area contributed by atoms with Gasteiger partial charge in [0.05, 0.1) is 12.0 Å². The Morgan fingerprint density at radius 3 is 3.08 bits per heavy atom.